The summed E-state index contributed by atoms with van der Waals surface area (Å²) in [4.78, 5) is 61.2. The Kier molecular flexibility index (Phi) is 6.35. The molecule has 12 heteroatoms. The lowest BCUT2D eigenvalue weighted by molar-refractivity contribution is -0.384. The summed E-state index contributed by atoms with van der Waals surface area (Å²) in [6, 6.07) is 5.35. The topological polar surface area (TPSA) is 136 Å². The molecule has 3 amide bonds. The molecule has 4 rings (SSSR count). The van der Waals surface area contributed by atoms with Gasteiger partial charge in [0.15, 0.2) is 6.61 Å². The minimum absolute atomic E-state index is 0.0880. The Hall–Kier alpha value is -2.34. The van der Waals surface area contributed by atoms with Crippen LogP contribution in [0.5, 0.6) is 0 Å². The van der Waals surface area contributed by atoms with E-state index in [0.717, 1.165) is 11.3 Å². The van der Waals surface area contributed by atoms with Gasteiger partial charge in [-0.25, -0.2) is 0 Å². The molecule has 1 aromatic rings. The summed E-state index contributed by atoms with van der Waals surface area (Å²) in [5.74, 6) is -2.37. The zero-order valence-corrected chi connectivity index (χ0v) is 19.8. The predicted octanol–water partition coefficient (Wildman–Crippen LogP) is 2.24. The lowest BCUT2D eigenvalue weighted by Gasteiger charge is -2.28. The number of nitro groups is 1. The summed E-state index contributed by atoms with van der Waals surface area (Å²) in [5.41, 5.74) is 0.0141. The smallest absolute Gasteiger partial charge is 0.308 e. The zero-order chi connectivity index (χ0) is 23.2. The highest BCUT2D eigenvalue weighted by molar-refractivity contribution is 9.12. The third kappa shape index (κ3) is 4.05. The number of imide groups is 1. The van der Waals surface area contributed by atoms with Gasteiger partial charge in [-0.2, -0.15) is 0 Å². The van der Waals surface area contributed by atoms with Crippen LogP contribution in [0.25, 0.3) is 0 Å². The van der Waals surface area contributed by atoms with Gasteiger partial charge in [0.1, 0.15) is 0 Å². The molecule has 32 heavy (non-hydrogen) atoms. The predicted molar refractivity (Wildman–Crippen MR) is 118 cm³/mol. The fraction of sp³-hybridized carbons (Fsp3) is 0.500. The lowest BCUT2D eigenvalue weighted by Crippen LogP contribution is -2.37. The van der Waals surface area contributed by atoms with Gasteiger partial charge in [0, 0.05) is 34.0 Å². The number of benzene rings is 1. The highest BCUT2D eigenvalue weighted by Crippen LogP contribution is 2.60. The number of carbonyl (C=O) groups is 4. The van der Waals surface area contributed by atoms with E-state index in [2.05, 4.69) is 37.2 Å². The van der Waals surface area contributed by atoms with Gasteiger partial charge in [-0.15, -0.1) is 0 Å². The highest BCUT2D eigenvalue weighted by Gasteiger charge is 2.66. The maximum atomic E-state index is 12.8. The van der Waals surface area contributed by atoms with Gasteiger partial charge in [0.2, 0.25) is 11.8 Å². The Morgan fingerprint density at radius 3 is 2.38 bits per heavy atom. The van der Waals surface area contributed by atoms with Crippen molar-refractivity contribution >= 4 is 66.9 Å². The number of carbonyl (C=O) groups excluding carboxylic acids is 4. The fourth-order valence-corrected chi connectivity index (χ4v) is 6.82. The maximum Gasteiger partial charge on any atom is 0.308 e. The molecule has 3 aliphatic rings. The molecule has 1 saturated heterocycles. The van der Waals surface area contributed by atoms with E-state index in [1.165, 1.54) is 24.3 Å². The Labute approximate surface area is 199 Å². The summed E-state index contributed by atoms with van der Waals surface area (Å²) in [6.07, 6.45) is 0.611. The van der Waals surface area contributed by atoms with Gasteiger partial charge in [0.05, 0.1) is 23.2 Å². The zero-order valence-electron chi connectivity index (χ0n) is 16.6. The van der Waals surface area contributed by atoms with Gasteiger partial charge in [-0.1, -0.05) is 37.9 Å². The van der Waals surface area contributed by atoms with Crippen LogP contribution < -0.4 is 5.32 Å². The van der Waals surface area contributed by atoms with Crippen molar-refractivity contribution in [1.82, 2.24) is 4.90 Å². The monoisotopic (exact) mass is 571 g/mol. The van der Waals surface area contributed by atoms with Crippen molar-refractivity contribution in [2.24, 2.45) is 23.7 Å². The number of hydrogen-bond acceptors (Lipinski definition) is 7. The van der Waals surface area contributed by atoms with Crippen LogP contribution in [0.2, 0.25) is 0 Å². The molecule has 170 valence electrons. The van der Waals surface area contributed by atoms with Crippen LogP contribution >= 0.6 is 31.9 Å². The van der Waals surface area contributed by atoms with Crippen molar-refractivity contribution in [3.05, 3.63) is 34.4 Å². The maximum absolute atomic E-state index is 12.8. The van der Waals surface area contributed by atoms with Gasteiger partial charge in [0.25, 0.3) is 11.6 Å². The number of amides is 3. The molecule has 1 aromatic carbocycles. The average molecular weight is 573 g/mol. The molecule has 1 N–H and O–H groups in total. The van der Waals surface area contributed by atoms with Crippen LogP contribution in [0.15, 0.2) is 24.3 Å². The molecule has 1 heterocycles. The fourth-order valence-electron chi connectivity index (χ4n) is 4.95. The molecule has 0 aromatic heterocycles. The van der Waals surface area contributed by atoms with Crippen LogP contribution in [0.4, 0.5) is 11.4 Å². The van der Waals surface area contributed by atoms with Gasteiger partial charge in [-0.3, -0.25) is 34.2 Å². The van der Waals surface area contributed by atoms with Crippen molar-refractivity contribution in [2.45, 2.75) is 22.5 Å². The molecule has 0 spiro atoms. The highest BCUT2D eigenvalue weighted by atomic mass is 79.9. The number of alkyl halides is 2. The third-order valence-electron chi connectivity index (χ3n) is 6.32. The number of likely N-dealkylation sites (tertiary alicyclic amines) is 1. The second-order valence-corrected chi connectivity index (χ2v) is 10.2. The minimum Gasteiger partial charge on any atom is -0.456 e. The number of esters is 1. The molecule has 1 aliphatic heterocycles. The first-order valence-corrected chi connectivity index (χ1v) is 11.9. The van der Waals surface area contributed by atoms with E-state index < -0.39 is 23.4 Å². The summed E-state index contributed by atoms with van der Waals surface area (Å²) < 4.78 is 4.92. The number of anilines is 1. The normalized spacial score (nSPS) is 30.4. The SMILES string of the molecule is O=C(COC(=O)CCN1C(=O)[C@@H]2[C@H]3C[C@@H]([C@@H](Br)[C@H]3Br)[C@H]2C1=O)Nc1cccc([N+](=O)[O-])c1. The van der Waals surface area contributed by atoms with Gasteiger partial charge < -0.3 is 10.1 Å². The molecule has 2 aliphatic carbocycles. The van der Waals surface area contributed by atoms with Crippen molar-refractivity contribution in [1.29, 1.82) is 0 Å². The third-order valence-corrected chi connectivity index (χ3v) is 9.53. The Bertz CT molecular complexity index is 971. The molecule has 3 fully saturated rings. The van der Waals surface area contributed by atoms with Crippen LogP contribution in [-0.4, -0.2) is 56.3 Å². The van der Waals surface area contributed by atoms with Crippen molar-refractivity contribution < 1.29 is 28.8 Å². The van der Waals surface area contributed by atoms with Crippen LogP contribution in [0.3, 0.4) is 0 Å². The largest absolute Gasteiger partial charge is 0.456 e. The molecule has 2 bridgehead atoms. The van der Waals surface area contributed by atoms with E-state index in [1.54, 1.807) is 0 Å². The van der Waals surface area contributed by atoms with Crippen LogP contribution in [0, 0.1) is 33.8 Å². The standard InChI is InChI=1S/C20H19Br2N3O7/c21-17-11-7-12(18(17)22)16-15(11)19(28)24(20(16)29)5-4-14(27)32-8-13(26)23-9-2-1-3-10(6-9)25(30)31/h1-3,6,11-12,15-18H,4-5,7-8H2,(H,23,26)/t11-,12-,15-,16-,17-,18+/m1/s1. The summed E-state index contributed by atoms with van der Waals surface area (Å²) >= 11 is 7.24. The number of ether oxygens (including phenoxy) is 1. The molecule has 6 atom stereocenters. The second kappa shape index (κ2) is 8.89. The van der Waals surface area contributed by atoms with E-state index in [9.17, 15) is 29.3 Å². The van der Waals surface area contributed by atoms with E-state index in [4.69, 9.17) is 4.74 Å². The van der Waals surface area contributed by atoms with E-state index >= 15 is 0 Å². The van der Waals surface area contributed by atoms with Crippen LogP contribution in [-0.2, 0) is 23.9 Å². The van der Waals surface area contributed by atoms with E-state index in [1.807, 2.05) is 0 Å². The first-order valence-electron chi connectivity index (χ1n) is 10.0. The number of nitrogens with zero attached hydrogens (tertiary/aromatic N) is 2. The lowest BCUT2D eigenvalue weighted by atomic mass is 9.81. The van der Waals surface area contributed by atoms with E-state index in [0.29, 0.717) is 0 Å². The molecule has 2 saturated carbocycles. The number of hydrogen-bond donors (Lipinski definition) is 1. The number of nitrogens with one attached hydrogen (secondary N) is 1. The van der Waals surface area contributed by atoms with Crippen LogP contribution in [0.1, 0.15) is 12.8 Å². The van der Waals surface area contributed by atoms with Crippen molar-refractivity contribution in [3.8, 4) is 0 Å². The first-order chi connectivity index (χ1) is 15.2. The number of halogens is 2. The molecule has 0 radical (unpaired) electrons. The first kappa shape index (κ1) is 22.8. The van der Waals surface area contributed by atoms with Crippen molar-refractivity contribution in [3.63, 3.8) is 0 Å². The second-order valence-electron chi connectivity index (χ2n) is 8.10. The number of non-ortho nitro benzene ring substituents is 1. The Balaban J connectivity index is 1.25. The number of rotatable bonds is 7. The molecule has 0 unspecified atom stereocenters. The summed E-state index contributed by atoms with van der Waals surface area (Å²) in [5, 5.41) is 13.2. The van der Waals surface area contributed by atoms with Gasteiger partial charge in [-0.05, 0) is 24.3 Å². The molecular formula is C20H19Br2N3O7. The number of nitro benzene ring substituents is 1. The quantitative estimate of drug-likeness (QED) is 0.174. The van der Waals surface area contributed by atoms with Gasteiger partial charge >= 0.3 is 5.97 Å². The van der Waals surface area contributed by atoms with Crippen molar-refractivity contribution in [2.75, 3.05) is 18.5 Å². The summed E-state index contributed by atoms with van der Waals surface area (Å²) in [6.45, 7) is -0.676. The Morgan fingerprint density at radius 1 is 1.16 bits per heavy atom. The number of fused-ring (bicyclic) bond motifs is 5. The summed E-state index contributed by atoms with van der Waals surface area (Å²) in [7, 11) is 0. The molecule has 10 nitrogen and oxygen atoms in total. The Morgan fingerprint density at radius 2 is 1.78 bits per heavy atom. The molecular weight excluding hydrogens is 554 g/mol. The minimum atomic E-state index is -0.725. The van der Waals surface area contributed by atoms with E-state index in [-0.39, 0.29) is 69.5 Å². The average Bonchev–Trinajstić information content (AvgIpc) is 3.36.